The molecule has 9 heteroatoms. The Hall–Kier alpha value is -3.07. The largest absolute Gasteiger partial charge is 0.396 e. The number of aliphatic hydroxyl groups is 2. The molecule has 0 bridgehead atoms. The summed E-state index contributed by atoms with van der Waals surface area (Å²) in [5.74, 6) is -0.738. The fourth-order valence-electron chi connectivity index (χ4n) is 4.22. The van der Waals surface area contributed by atoms with Crippen LogP contribution in [0.5, 0.6) is 0 Å². The number of rotatable bonds is 9. The second kappa shape index (κ2) is 11.6. The van der Waals surface area contributed by atoms with E-state index in [2.05, 4.69) is 15.3 Å². The Morgan fingerprint density at radius 3 is 2.69 bits per heavy atom. The minimum Gasteiger partial charge on any atom is -0.396 e. The summed E-state index contributed by atoms with van der Waals surface area (Å²) in [6.07, 6.45) is 3.09. The number of carbonyl (C=O) groups excluding carboxylic acids is 1. The molecular formula is C26H28ClFN4O3. The third-order valence-electron chi connectivity index (χ3n) is 6.23. The molecule has 35 heavy (non-hydrogen) atoms. The van der Waals surface area contributed by atoms with Crippen molar-refractivity contribution in [2.75, 3.05) is 25.1 Å². The Morgan fingerprint density at radius 2 is 1.97 bits per heavy atom. The van der Waals surface area contributed by atoms with Crippen molar-refractivity contribution in [2.45, 2.75) is 37.8 Å². The van der Waals surface area contributed by atoms with Crippen molar-refractivity contribution >= 4 is 23.5 Å². The van der Waals surface area contributed by atoms with Gasteiger partial charge in [-0.2, -0.15) is 0 Å². The Balaban J connectivity index is 1.41. The SMILES string of the molecule is O=C(C[C@H](CO)c1ccc(F)c(Cl)c1)N1CCc2cnc(N[C@H](CO)Cc3ccccc3)nc2C1. The molecule has 0 saturated heterocycles. The molecule has 0 saturated carbocycles. The maximum absolute atomic E-state index is 13.5. The highest BCUT2D eigenvalue weighted by molar-refractivity contribution is 6.30. The average Bonchev–Trinajstić information content (AvgIpc) is 2.88. The van der Waals surface area contributed by atoms with Crippen molar-refractivity contribution in [2.24, 2.45) is 0 Å². The van der Waals surface area contributed by atoms with Crippen LogP contribution in [-0.4, -0.2) is 56.8 Å². The van der Waals surface area contributed by atoms with Gasteiger partial charge in [0.2, 0.25) is 11.9 Å². The predicted octanol–water partition coefficient (Wildman–Crippen LogP) is 3.34. The molecule has 2 atom stereocenters. The fraction of sp³-hybridized carbons (Fsp3) is 0.346. The number of aromatic nitrogens is 2. The summed E-state index contributed by atoms with van der Waals surface area (Å²) >= 11 is 5.88. The van der Waals surface area contributed by atoms with Crippen LogP contribution in [0, 0.1) is 5.82 Å². The zero-order valence-corrected chi connectivity index (χ0v) is 20.0. The lowest BCUT2D eigenvalue weighted by Crippen LogP contribution is -2.37. The normalized spacial score (nSPS) is 14.8. The molecule has 0 aliphatic carbocycles. The second-order valence-corrected chi connectivity index (χ2v) is 9.11. The van der Waals surface area contributed by atoms with E-state index < -0.39 is 11.7 Å². The molecule has 1 amide bonds. The van der Waals surface area contributed by atoms with Gasteiger partial charge in [-0.25, -0.2) is 14.4 Å². The van der Waals surface area contributed by atoms with Crippen molar-refractivity contribution in [3.8, 4) is 0 Å². The Morgan fingerprint density at radius 1 is 1.17 bits per heavy atom. The predicted molar refractivity (Wildman–Crippen MR) is 132 cm³/mol. The number of hydrogen-bond donors (Lipinski definition) is 3. The molecule has 4 rings (SSSR count). The van der Waals surface area contributed by atoms with Crippen LogP contribution in [0.1, 0.15) is 34.7 Å². The van der Waals surface area contributed by atoms with E-state index in [0.29, 0.717) is 37.4 Å². The van der Waals surface area contributed by atoms with E-state index in [1.165, 1.54) is 12.1 Å². The van der Waals surface area contributed by atoms with Gasteiger partial charge in [-0.15, -0.1) is 0 Å². The maximum atomic E-state index is 13.5. The van der Waals surface area contributed by atoms with Crippen LogP contribution in [0.25, 0.3) is 0 Å². The third-order valence-corrected chi connectivity index (χ3v) is 6.52. The van der Waals surface area contributed by atoms with Crippen LogP contribution < -0.4 is 5.32 Å². The smallest absolute Gasteiger partial charge is 0.223 e. The zero-order chi connectivity index (χ0) is 24.8. The zero-order valence-electron chi connectivity index (χ0n) is 19.2. The van der Waals surface area contributed by atoms with E-state index in [4.69, 9.17) is 11.6 Å². The van der Waals surface area contributed by atoms with Crippen LogP contribution in [0.2, 0.25) is 5.02 Å². The number of carbonyl (C=O) groups is 1. The monoisotopic (exact) mass is 498 g/mol. The van der Waals surface area contributed by atoms with Crippen LogP contribution in [0.3, 0.4) is 0 Å². The molecule has 184 valence electrons. The Bertz CT molecular complexity index is 1160. The number of nitrogens with one attached hydrogen (secondary N) is 1. The van der Waals surface area contributed by atoms with Crippen molar-refractivity contribution in [1.29, 1.82) is 0 Å². The molecule has 0 fully saturated rings. The molecule has 3 aromatic rings. The molecule has 1 aliphatic heterocycles. The number of nitrogens with zero attached hydrogens (tertiary/aromatic N) is 3. The first-order valence-electron chi connectivity index (χ1n) is 11.6. The first-order chi connectivity index (χ1) is 17.0. The van der Waals surface area contributed by atoms with E-state index in [1.807, 2.05) is 30.3 Å². The number of fused-ring (bicyclic) bond motifs is 1. The van der Waals surface area contributed by atoms with Gasteiger partial charge in [-0.3, -0.25) is 4.79 Å². The summed E-state index contributed by atoms with van der Waals surface area (Å²) in [6.45, 7) is 0.530. The Labute approximate surface area is 208 Å². The minimum absolute atomic E-state index is 0.0366. The molecule has 1 aromatic heterocycles. The molecule has 0 spiro atoms. The number of hydrogen-bond acceptors (Lipinski definition) is 6. The number of amides is 1. The standard InChI is InChI=1S/C26H28ClFN4O3/c27-22-11-18(6-7-23(22)28)20(15-33)12-25(35)32-9-8-19-13-29-26(31-24(19)14-32)30-21(16-34)10-17-4-2-1-3-5-17/h1-7,11,13,20-21,33-34H,8-10,12,14-16H2,(H,29,30,31)/t20-,21+/m1/s1. The van der Waals surface area contributed by atoms with Gasteiger partial charge in [0.15, 0.2) is 0 Å². The lowest BCUT2D eigenvalue weighted by Gasteiger charge is -2.29. The molecule has 2 aromatic carbocycles. The van der Waals surface area contributed by atoms with Crippen molar-refractivity contribution < 1.29 is 19.4 Å². The summed E-state index contributed by atoms with van der Waals surface area (Å²) in [5.41, 5.74) is 3.44. The summed E-state index contributed by atoms with van der Waals surface area (Å²) < 4.78 is 13.5. The summed E-state index contributed by atoms with van der Waals surface area (Å²) in [7, 11) is 0. The van der Waals surface area contributed by atoms with Crippen molar-refractivity contribution in [3.05, 3.63) is 88.0 Å². The summed E-state index contributed by atoms with van der Waals surface area (Å²) in [4.78, 5) is 23.8. The van der Waals surface area contributed by atoms with Gasteiger partial charge in [0, 0.05) is 25.1 Å². The second-order valence-electron chi connectivity index (χ2n) is 8.70. The molecule has 3 N–H and O–H groups in total. The number of aliphatic hydroxyl groups excluding tert-OH is 2. The van der Waals surface area contributed by atoms with Gasteiger partial charge in [0.05, 0.1) is 36.5 Å². The van der Waals surface area contributed by atoms with Gasteiger partial charge in [0.1, 0.15) is 5.82 Å². The highest BCUT2D eigenvalue weighted by Crippen LogP contribution is 2.26. The van der Waals surface area contributed by atoms with E-state index in [-0.39, 0.29) is 36.6 Å². The van der Waals surface area contributed by atoms with Crippen LogP contribution in [0.4, 0.5) is 10.3 Å². The molecule has 7 nitrogen and oxygen atoms in total. The maximum Gasteiger partial charge on any atom is 0.223 e. The Kier molecular flexibility index (Phi) is 8.28. The molecule has 1 aliphatic rings. The first-order valence-corrected chi connectivity index (χ1v) is 11.9. The molecule has 0 unspecified atom stereocenters. The minimum atomic E-state index is -0.539. The highest BCUT2D eigenvalue weighted by atomic mass is 35.5. The van der Waals surface area contributed by atoms with Gasteiger partial charge >= 0.3 is 0 Å². The van der Waals surface area contributed by atoms with Gasteiger partial charge in [0.25, 0.3) is 0 Å². The van der Waals surface area contributed by atoms with E-state index in [1.54, 1.807) is 17.2 Å². The third kappa shape index (κ3) is 6.33. The first kappa shape index (κ1) is 25.0. The summed E-state index contributed by atoms with van der Waals surface area (Å²) in [6, 6.07) is 13.8. The van der Waals surface area contributed by atoms with Crippen molar-refractivity contribution in [3.63, 3.8) is 0 Å². The molecular weight excluding hydrogens is 471 g/mol. The topological polar surface area (TPSA) is 98.6 Å². The fourth-order valence-corrected chi connectivity index (χ4v) is 4.41. The lowest BCUT2D eigenvalue weighted by molar-refractivity contribution is -0.132. The van der Waals surface area contributed by atoms with Crippen LogP contribution >= 0.6 is 11.6 Å². The molecule has 0 radical (unpaired) electrons. The van der Waals surface area contributed by atoms with Gasteiger partial charge in [-0.05, 0) is 41.7 Å². The average molecular weight is 499 g/mol. The van der Waals surface area contributed by atoms with Gasteiger partial charge in [-0.1, -0.05) is 48.0 Å². The number of benzene rings is 2. The van der Waals surface area contributed by atoms with Crippen molar-refractivity contribution in [1.82, 2.24) is 14.9 Å². The van der Waals surface area contributed by atoms with Crippen LogP contribution in [-0.2, 0) is 24.2 Å². The van der Waals surface area contributed by atoms with E-state index >= 15 is 0 Å². The molecule has 2 heterocycles. The van der Waals surface area contributed by atoms with E-state index in [0.717, 1.165) is 16.8 Å². The highest BCUT2D eigenvalue weighted by Gasteiger charge is 2.26. The van der Waals surface area contributed by atoms with E-state index in [9.17, 15) is 19.4 Å². The summed E-state index contributed by atoms with van der Waals surface area (Å²) in [5, 5.41) is 22.8. The number of halogens is 2. The van der Waals surface area contributed by atoms with Crippen LogP contribution in [0.15, 0.2) is 54.7 Å². The lowest BCUT2D eigenvalue weighted by atomic mass is 9.95. The van der Waals surface area contributed by atoms with Gasteiger partial charge < -0.3 is 20.4 Å². The quantitative estimate of drug-likeness (QED) is 0.418. The number of anilines is 1.